The van der Waals surface area contributed by atoms with Crippen molar-refractivity contribution in [1.82, 2.24) is 0 Å². The van der Waals surface area contributed by atoms with Crippen molar-refractivity contribution in [2.45, 2.75) is 112 Å². The maximum atomic E-state index is 10.4. The van der Waals surface area contributed by atoms with E-state index in [4.69, 9.17) is 0 Å². The van der Waals surface area contributed by atoms with Crippen LogP contribution < -0.4 is 0 Å². The van der Waals surface area contributed by atoms with E-state index in [1.165, 1.54) is 32.1 Å². The number of aromatic hydroxyl groups is 3. The van der Waals surface area contributed by atoms with E-state index < -0.39 is 0 Å². The molecule has 3 nitrogen and oxygen atoms in total. The van der Waals surface area contributed by atoms with Crippen molar-refractivity contribution >= 4 is 0 Å². The number of unbranched alkanes of at least 4 members (excludes halogenated alkanes) is 5. The van der Waals surface area contributed by atoms with Gasteiger partial charge in [-0.25, -0.2) is 0 Å². The highest BCUT2D eigenvalue weighted by molar-refractivity contribution is 5.57. The molecule has 0 aliphatic heterocycles. The first-order valence-corrected chi connectivity index (χ1v) is 11.2. The highest BCUT2D eigenvalue weighted by Gasteiger charge is 2.17. The number of rotatable bonds is 11. The molecule has 1 aromatic rings. The van der Waals surface area contributed by atoms with Crippen LogP contribution in [0.5, 0.6) is 17.2 Å². The third-order valence-electron chi connectivity index (χ3n) is 5.43. The minimum atomic E-state index is -0.376. The molecule has 0 aliphatic carbocycles. The lowest BCUT2D eigenvalue weighted by Gasteiger charge is -2.18. The topological polar surface area (TPSA) is 60.7 Å². The monoisotopic (exact) mass is 392 g/mol. The molecule has 0 aliphatic rings. The van der Waals surface area contributed by atoms with Gasteiger partial charge in [0.05, 0.1) is 0 Å². The van der Waals surface area contributed by atoms with Crippen LogP contribution in [0.25, 0.3) is 0 Å². The normalized spacial score (nSPS) is 12.5. The quantitative estimate of drug-likeness (QED) is 0.270. The molecule has 0 fully saturated rings. The number of hydrogen-bond donors (Lipinski definition) is 3. The average Bonchev–Trinajstić information content (AvgIpc) is 2.55. The molecule has 0 aromatic heterocycles. The third-order valence-corrected chi connectivity index (χ3v) is 5.43. The van der Waals surface area contributed by atoms with Crippen molar-refractivity contribution in [2.75, 3.05) is 0 Å². The zero-order valence-corrected chi connectivity index (χ0v) is 19.2. The Morgan fingerprint density at radius 3 is 1.61 bits per heavy atom. The number of hydrogen-bond acceptors (Lipinski definition) is 3. The van der Waals surface area contributed by atoms with Crippen LogP contribution in [0.1, 0.15) is 110 Å². The first-order valence-electron chi connectivity index (χ1n) is 11.2. The molecule has 0 amide bonds. The maximum absolute atomic E-state index is 10.4. The fraction of sp³-hybridized carbons (Fsp3) is 0.760. The van der Waals surface area contributed by atoms with Crippen LogP contribution in [0.15, 0.2) is 6.07 Å². The molecule has 3 heteroatoms. The van der Waals surface area contributed by atoms with Gasteiger partial charge in [0.2, 0.25) is 5.75 Å². The number of phenolic OH excluding ortho intramolecular Hbond substituents is 3. The van der Waals surface area contributed by atoms with E-state index in [2.05, 4.69) is 41.5 Å². The zero-order valence-electron chi connectivity index (χ0n) is 19.2. The first kappa shape index (κ1) is 24.7. The first-order chi connectivity index (χ1) is 12.9. The second-order valence-electron chi connectivity index (χ2n) is 10.8. The summed E-state index contributed by atoms with van der Waals surface area (Å²) in [5, 5.41) is 30.2. The van der Waals surface area contributed by atoms with Gasteiger partial charge in [-0.1, -0.05) is 73.6 Å². The van der Waals surface area contributed by atoms with Gasteiger partial charge in [0.25, 0.3) is 0 Å². The summed E-state index contributed by atoms with van der Waals surface area (Å²) in [7, 11) is 0. The second kappa shape index (κ2) is 11.0. The van der Waals surface area contributed by atoms with Crippen LogP contribution in [-0.2, 0) is 12.8 Å². The van der Waals surface area contributed by atoms with Crippen LogP contribution in [0.2, 0.25) is 0 Å². The van der Waals surface area contributed by atoms with Gasteiger partial charge in [0, 0.05) is 5.56 Å². The molecule has 162 valence electrons. The standard InChI is InChI=1S/C25H44O3/c1-24(2,3)16-12-8-7-11-15-20-19(18-21(26)23(28)22(20)27)14-10-9-13-17-25(4,5)6/h18,26-28H,7-17H2,1-6H3. The Hall–Kier alpha value is -1.38. The van der Waals surface area contributed by atoms with Gasteiger partial charge in [-0.15, -0.1) is 0 Å². The summed E-state index contributed by atoms with van der Waals surface area (Å²) in [6.07, 6.45) is 12.0. The Morgan fingerprint density at radius 2 is 1.07 bits per heavy atom. The third kappa shape index (κ3) is 9.71. The van der Waals surface area contributed by atoms with Crippen LogP contribution in [0.3, 0.4) is 0 Å². The summed E-state index contributed by atoms with van der Waals surface area (Å²) in [5.41, 5.74) is 2.56. The summed E-state index contributed by atoms with van der Waals surface area (Å²) >= 11 is 0. The van der Waals surface area contributed by atoms with E-state index >= 15 is 0 Å². The van der Waals surface area contributed by atoms with Gasteiger partial charge in [0.1, 0.15) is 0 Å². The lowest BCUT2D eigenvalue weighted by atomic mass is 9.88. The molecule has 0 atom stereocenters. The Kier molecular flexibility index (Phi) is 9.66. The lowest BCUT2D eigenvalue weighted by molar-refractivity contribution is 0.355. The molecule has 0 radical (unpaired) electrons. The zero-order chi connectivity index (χ0) is 21.4. The Labute approximate surface area is 173 Å². The van der Waals surface area contributed by atoms with Crippen LogP contribution in [0, 0.1) is 10.8 Å². The van der Waals surface area contributed by atoms with E-state index in [1.807, 2.05) is 0 Å². The smallest absolute Gasteiger partial charge is 0.200 e. The molecule has 0 spiro atoms. The van der Waals surface area contributed by atoms with Gasteiger partial charge >= 0.3 is 0 Å². The molecular formula is C25H44O3. The van der Waals surface area contributed by atoms with Crippen molar-refractivity contribution in [1.29, 1.82) is 0 Å². The molecular weight excluding hydrogens is 348 g/mol. The van der Waals surface area contributed by atoms with Crippen LogP contribution >= 0.6 is 0 Å². The molecule has 0 bridgehead atoms. The molecule has 3 N–H and O–H groups in total. The number of aryl methyl sites for hydroxylation is 1. The average molecular weight is 393 g/mol. The fourth-order valence-electron chi connectivity index (χ4n) is 3.70. The second-order valence-corrected chi connectivity index (χ2v) is 10.8. The highest BCUT2D eigenvalue weighted by Crippen LogP contribution is 2.41. The van der Waals surface area contributed by atoms with Crippen molar-refractivity contribution in [3.8, 4) is 17.2 Å². The van der Waals surface area contributed by atoms with E-state index in [-0.39, 0.29) is 17.2 Å². The Morgan fingerprint density at radius 1 is 0.607 bits per heavy atom. The van der Waals surface area contributed by atoms with Crippen LogP contribution in [0.4, 0.5) is 0 Å². The molecule has 28 heavy (non-hydrogen) atoms. The van der Waals surface area contributed by atoms with Crippen molar-refractivity contribution in [2.24, 2.45) is 10.8 Å². The highest BCUT2D eigenvalue weighted by atomic mass is 16.3. The summed E-state index contributed by atoms with van der Waals surface area (Å²) in [4.78, 5) is 0. The summed E-state index contributed by atoms with van der Waals surface area (Å²) in [6.45, 7) is 13.6. The Bertz CT molecular complexity index is 591. The predicted octanol–water partition coefficient (Wildman–Crippen LogP) is 7.49. The summed E-state index contributed by atoms with van der Waals surface area (Å²) < 4.78 is 0. The molecule has 0 heterocycles. The van der Waals surface area contributed by atoms with Crippen molar-refractivity contribution in [3.05, 3.63) is 17.2 Å². The molecule has 0 saturated heterocycles. The fourth-order valence-corrected chi connectivity index (χ4v) is 3.70. The van der Waals surface area contributed by atoms with E-state index in [0.717, 1.165) is 49.7 Å². The minimum Gasteiger partial charge on any atom is -0.504 e. The predicted molar refractivity (Wildman–Crippen MR) is 119 cm³/mol. The SMILES string of the molecule is CC(C)(C)CCCCCCc1c(CCCCCC(C)(C)C)cc(O)c(O)c1O. The van der Waals surface area contributed by atoms with Crippen molar-refractivity contribution in [3.63, 3.8) is 0 Å². The van der Waals surface area contributed by atoms with Gasteiger partial charge in [-0.05, 0) is 61.0 Å². The van der Waals surface area contributed by atoms with E-state index in [9.17, 15) is 15.3 Å². The number of benzene rings is 1. The largest absolute Gasteiger partial charge is 0.504 e. The van der Waals surface area contributed by atoms with E-state index in [0.29, 0.717) is 10.8 Å². The van der Waals surface area contributed by atoms with Crippen LogP contribution in [-0.4, -0.2) is 15.3 Å². The maximum Gasteiger partial charge on any atom is 0.200 e. The summed E-state index contributed by atoms with van der Waals surface area (Å²) in [5.74, 6) is -0.713. The van der Waals surface area contributed by atoms with Gasteiger partial charge in [0.15, 0.2) is 11.5 Å². The number of phenols is 3. The van der Waals surface area contributed by atoms with E-state index in [1.54, 1.807) is 6.07 Å². The lowest BCUT2D eigenvalue weighted by Crippen LogP contribution is -2.04. The van der Waals surface area contributed by atoms with Gasteiger partial charge < -0.3 is 15.3 Å². The minimum absolute atomic E-state index is 0.126. The Balaban J connectivity index is 2.57. The van der Waals surface area contributed by atoms with Gasteiger partial charge in [-0.3, -0.25) is 0 Å². The molecule has 0 unspecified atom stereocenters. The summed E-state index contributed by atoms with van der Waals surface area (Å²) in [6, 6.07) is 1.65. The van der Waals surface area contributed by atoms with Gasteiger partial charge in [-0.2, -0.15) is 0 Å². The molecule has 0 saturated carbocycles. The molecule has 1 aromatic carbocycles. The molecule has 1 rings (SSSR count). The van der Waals surface area contributed by atoms with Crippen molar-refractivity contribution < 1.29 is 15.3 Å².